The molecule has 0 heterocycles. The molecule has 0 N–H and O–H groups in total. The third-order valence-electron chi connectivity index (χ3n) is 1.31. The summed E-state index contributed by atoms with van der Waals surface area (Å²) in [5.74, 6) is 0. The van der Waals surface area contributed by atoms with Gasteiger partial charge in [-0.15, -0.1) is 0 Å². The molecule has 2 heteroatoms. The van der Waals surface area contributed by atoms with Crippen molar-refractivity contribution < 1.29 is 9.22 Å². The first-order valence-electron chi connectivity index (χ1n) is 4.27. The van der Waals surface area contributed by atoms with E-state index in [2.05, 4.69) is 41.9 Å². The third kappa shape index (κ3) is 7.82. The first-order chi connectivity index (χ1) is 4.81. The fraction of sp³-hybridized carbons (Fsp3) is 1.00. The summed E-state index contributed by atoms with van der Waals surface area (Å²) in [6.07, 6.45) is 0.701. The average molecular weight is 160 g/mol. The van der Waals surface area contributed by atoms with Crippen LogP contribution in [0.2, 0.25) is 0 Å². The summed E-state index contributed by atoms with van der Waals surface area (Å²) in [5, 5.41) is 0. The van der Waals surface area contributed by atoms with Crippen molar-refractivity contribution >= 4 is 0 Å². The summed E-state index contributed by atoms with van der Waals surface area (Å²) in [4.78, 5) is 0. The molecule has 0 aromatic rings. The highest BCUT2D eigenvalue weighted by atomic mass is 16.5. The maximum absolute atomic E-state index is 5.61. The summed E-state index contributed by atoms with van der Waals surface area (Å²) in [6.45, 7) is 7.35. The molecule has 0 aliphatic carbocycles. The van der Waals surface area contributed by atoms with Crippen LogP contribution in [-0.2, 0) is 4.74 Å². The lowest BCUT2D eigenvalue weighted by molar-refractivity contribution is -0.873. The van der Waals surface area contributed by atoms with E-state index in [-0.39, 0.29) is 0 Å². The number of likely N-dealkylation sites (N-methyl/N-ethyl adjacent to an activating group) is 1. The number of quaternary nitrogens is 1. The summed E-state index contributed by atoms with van der Waals surface area (Å²) in [5.41, 5.74) is 0. The molecule has 0 saturated heterocycles. The number of ether oxygens (including phenoxy) is 1. The van der Waals surface area contributed by atoms with Gasteiger partial charge in [-0.3, -0.25) is 0 Å². The standard InChI is InChI=1S/C9H22NO/c1-8(2)11-9(3)7-10(4,5)6/h8-9H,7H2,1-6H3/q+1. The molecule has 0 aromatic carbocycles. The lowest BCUT2D eigenvalue weighted by Gasteiger charge is -2.28. The highest BCUT2D eigenvalue weighted by Crippen LogP contribution is 2.01. The summed E-state index contributed by atoms with van der Waals surface area (Å²) >= 11 is 0. The Morgan fingerprint density at radius 2 is 1.55 bits per heavy atom. The van der Waals surface area contributed by atoms with E-state index in [0.717, 1.165) is 11.0 Å². The van der Waals surface area contributed by atoms with E-state index in [1.165, 1.54) is 0 Å². The zero-order chi connectivity index (χ0) is 9.07. The largest absolute Gasteiger partial charge is 0.370 e. The molecule has 0 aliphatic rings. The Morgan fingerprint density at radius 3 is 1.82 bits per heavy atom. The molecule has 0 radical (unpaired) electrons. The van der Waals surface area contributed by atoms with E-state index in [0.29, 0.717) is 12.2 Å². The van der Waals surface area contributed by atoms with Crippen molar-refractivity contribution in [2.75, 3.05) is 27.7 Å². The van der Waals surface area contributed by atoms with Crippen LogP contribution < -0.4 is 0 Å². The van der Waals surface area contributed by atoms with Crippen LogP contribution in [0.25, 0.3) is 0 Å². The van der Waals surface area contributed by atoms with Crippen LogP contribution in [0.4, 0.5) is 0 Å². The molecule has 68 valence electrons. The molecule has 2 nitrogen and oxygen atoms in total. The second-order valence-electron chi connectivity index (χ2n) is 4.47. The van der Waals surface area contributed by atoms with Gasteiger partial charge in [0, 0.05) is 0 Å². The van der Waals surface area contributed by atoms with Crippen molar-refractivity contribution in [3.63, 3.8) is 0 Å². The van der Waals surface area contributed by atoms with E-state index in [9.17, 15) is 0 Å². The smallest absolute Gasteiger partial charge is 0.104 e. The van der Waals surface area contributed by atoms with Gasteiger partial charge in [-0.1, -0.05) is 0 Å². The maximum atomic E-state index is 5.61. The topological polar surface area (TPSA) is 9.23 Å². The Kier molecular flexibility index (Phi) is 4.04. The van der Waals surface area contributed by atoms with Gasteiger partial charge >= 0.3 is 0 Å². The van der Waals surface area contributed by atoms with Crippen molar-refractivity contribution in [2.45, 2.75) is 33.0 Å². The zero-order valence-corrected chi connectivity index (χ0v) is 8.72. The lowest BCUT2D eigenvalue weighted by atomic mass is 10.3. The van der Waals surface area contributed by atoms with E-state index >= 15 is 0 Å². The van der Waals surface area contributed by atoms with Gasteiger partial charge in [-0.25, -0.2) is 0 Å². The lowest BCUT2D eigenvalue weighted by Crippen LogP contribution is -2.41. The minimum Gasteiger partial charge on any atom is -0.370 e. The van der Waals surface area contributed by atoms with Crippen LogP contribution in [0.1, 0.15) is 20.8 Å². The molecular formula is C9H22NO+. The van der Waals surface area contributed by atoms with E-state index in [4.69, 9.17) is 4.74 Å². The molecule has 11 heavy (non-hydrogen) atoms. The molecule has 0 fully saturated rings. The first-order valence-corrected chi connectivity index (χ1v) is 4.27. The van der Waals surface area contributed by atoms with E-state index in [1.54, 1.807) is 0 Å². The second kappa shape index (κ2) is 4.07. The number of rotatable bonds is 4. The highest BCUT2D eigenvalue weighted by Gasteiger charge is 2.14. The monoisotopic (exact) mass is 160 g/mol. The molecule has 0 saturated carbocycles. The number of hydrogen-bond donors (Lipinski definition) is 0. The van der Waals surface area contributed by atoms with Crippen LogP contribution in [0, 0.1) is 0 Å². The molecule has 0 aliphatic heterocycles. The van der Waals surface area contributed by atoms with Gasteiger partial charge in [-0.05, 0) is 20.8 Å². The number of nitrogens with zero attached hydrogens (tertiary/aromatic N) is 1. The SMILES string of the molecule is CC(C)OC(C)C[N+](C)(C)C. The van der Waals surface area contributed by atoms with Crippen molar-refractivity contribution in [2.24, 2.45) is 0 Å². The molecule has 0 aromatic heterocycles. The van der Waals surface area contributed by atoms with Crippen LogP contribution in [-0.4, -0.2) is 44.4 Å². The fourth-order valence-electron chi connectivity index (χ4n) is 1.28. The first kappa shape index (κ1) is 10.9. The van der Waals surface area contributed by atoms with Gasteiger partial charge < -0.3 is 9.22 Å². The summed E-state index contributed by atoms with van der Waals surface area (Å²) < 4.78 is 6.58. The van der Waals surface area contributed by atoms with Crippen molar-refractivity contribution in [1.29, 1.82) is 0 Å². The van der Waals surface area contributed by atoms with E-state index in [1.807, 2.05) is 0 Å². The Bertz CT molecular complexity index is 105. The molecule has 0 amide bonds. The Hall–Kier alpha value is -0.0800. The third-order valence-corrected chi connectivity index (χ3v) is 1.31. The molecule has 1 atom stereocenters. The summed E-state index contributed by atoms with van der Waals surface area (Å²) in [6, 6.07) is 0. The van der Waals surface area contributed by atoms with Crippen molar-refractivity contribution in [3.05, 3.63) is 0 Å². The fourth-order valence-corrected chi connectivity index (χ4v) is 1.28. The quantitative estimate of drug-likeness (QED) is 0.566. The maximum Gasteiger partial charge on any atom is 0.104 e. The van der Waals surface area contributed by atoms with Gasteiger partial charge in [0.25, 0.3) is 0 Å². The Labute approximate surface area is 70.7 Å². The summed E-state index contributed by atoms with van der Waals surface area (Å²) in [7, 11) is 6.54. The molecule has 0 rings (SSSR count). The van der Waals surface area contributed by atoms with Gasteiger partial charge in [0.05, 0.1) is 27.2 Å². The van der Waals surface area contributed by atoms with Crippen LogP contribution >= 0.6 is 0 Å². The Balaban J connectivity index is 3.61. The number of hydrogen-bond acceptors (Lipinski definition) is 1. The van der Waals surface area contributed by atoms with Gasteiger partial charge in [0.15, 0.2) is 0 Å². The van der Waals surface area contributed by atoms with Crippen LogP contribution in [0.5, 0.6) is 0 Å². The minimum atomic E-state index is 0.344. The van der Waals surface area contributed by atoms with Gasteiger partial charge in [-0.2, -0.15) is 0 Å². The normalized spacial score (nSPS) is 15.5. The molecule has 0 bridgehead atoms. The van der Waals surface area contributed by atoms with Crippen LogP contribution in [0.3, 0.4) is 0 Å². The molecule has 1 unspecified atom stereocenters. The minimum absolute atomic E-state index is 0.344. The highest BCUT2D eigenvalue weighted by molar-refractivity contribution is 4.49. The van der Waals surface area contributed by atoms with Crippen LogP contribution in [0.15, 0.2) is 0 Å². The van der Waals surface area contributed by atoms with Gasteiger partial charge in [0.1, 0.15) is 12.6 Å². The van der Waals surface area contributed by atoms with E-state index < -0.39 is 0 Å². The van der Waals surface area contributed by atoms with Gasteiger partial charge in [0.2, 0.25) is 0 Å². The average Bonchev–Trinajstić information content (AvgIpc) is 1.53. The Morgan fingerprint density at radius 1 is 1.09 bits per heavy atom. The predicted molar refractivity (Wildman–Crippen MR) is 48.6 cm³/mol. The zero-order valence-electron chi connectivity index (χ0n) is 8.72. The molecular weight excluding hydrogens is 138 g/mol. The second-order valence-corrected chi connectivity index (χ2v) is 4.47. The predicted octanol–water partition coefficient (Wildman–Crippen LogP) is 1.51. The molecule has 0 spiro atoms. The van der Waals surface area contributed by atoms with Crippen molar-refractivity contribution in [1.82, 2.24) is 0 Å². The van der Waals surface area contributed by atoms with Crippen molar-refractivity contribution in [3.8, 4) is 0 Å².